The molecule has 0 aromatic heterocycles. The molecule has 2 rings (SSSR count). The van der Waals surface area contributed by atoms with Crippen LogP contribution in [0.2, 0.25) is 0 Å². The Bertz CT molecular complexity index is 852. The molecule has 0 bridgehead atoms. The van der Waals surface area contributed by atoms with Crippen molar-refractivity contribution in [3.8, 4) is 5.75 Å². The second-order valence-electron chi connectivity index (χ2n) is 8.77. The predicted octanol–water partition coefficient (Wildman–Crippen LogP) is 6.13. The van der Waals surface area contributed by atoms with Gasteiger partial charge in [0.1, 0.15) is 5.75 Å². The predicted molar refractivity (Wildman–Crippen MR) is 125 cm³/mol. The summed E-state index contributed by atoms with van der Waals surface area (Å²) in [6.45, 7) is 10.6. The molecule has 5 heteroatoms. The first-order chi connectivity index (χ1) is 14.7. The molecule has 0 radical (unpaired) electrons. The van der Waals surface area contributed by atoms with E-state index >= 15 is 0 Å². The summed E-state index contributed by atoms with van der Waals surface area (Å²) in [7, 11) is 0. The Morgan fingerprint density at radius 1 is 0.968 bits per heavy atom. The number of ether oxygens (including phenoxy) is 2. The lowest BCUT2D eigenvalue weighted by molar-refractivity contribution is -0.122. The number of unbranched alkanes of at least 4 members (excludes halogenated alkanes) is 3. The van der Waals surface area contributed by atoms with Crippen molar-refractivity contribution in [2.45, 2.75) is 71.8 Å². The number of esters is 1. The Morgan fingerprint density at radius 3 is 2.29 bits per heavy atom. The minimum Gasteiger partial charge on any atom is -0.481 e. The first-order valence-corrected chi connectivity index (χ1v) is 11.1. The van der Waals surface area contributed by atoms with E-state index in [1.54, 1.807) is 31.2 Å². The second-order valence-corrected chi connectivity index (χ2v) is 8.77. The number of nitrogens with one attached hydrogen (secondary N) is 1. The van der Waals surface area contributed by atoms with Gasteiger partial charge in [0.25, 0.3) is 5.91 Å². The molecule has 1 amide bonds. The summed E-state index contributed by atoms with van der Waals surface area (Å²) in [5, 5.41) is 2.84. The van der Waals surface area contributed by atoms with E-state index in [-0.39, 0.29) is 17.3 Å². The molecule has 0 saturated carbocycles. The summed E-state index contributed by atoms with van der Waals surface area (Å²) < 4.78 is 11.2. The van der Waals surface area contributed by atoms with Crippen LogP contribution in [0.1, 0.15) is 76.2 Å². The molecule has 2 aromatic rings. The summed E-state index contributed by atoms with van der Waals surface area (Å²) in [5.74, 6) is 0.106. The molecule has 1 unspecified atom stereocenters. The maximum atomic E-state index is 12.6. The van der Waals surface area contributed by atoms with E-state index in [4.69, 9.17) is 9.47 Å². The highest BCUT2D eigenvalue weighted by molar-refractivity contribution is 5.95. The van der Waals surface area contributed by atoms with Gasteiger partial charge in [-0.3, -0.25) is 4.79 Å². The number of para-hydroxylation sites is 1. The van der Waals surface area contributed by atoms with E-state index in [0.29, 0.717) is 23.6 Å². The molecule has 1 N–H and O–H groups in total. The third kappa shape index (κ3) is 7.74. The Morgan fingerprint density at radius 2 is 1.65 bits per heavy atom. The monoisotopic (exact) mass is 425 g/mol. The molecule has 0 aliphatic heterocycles. The second kappa shape index (κ2) is 11.5. The number of benzene rings is 2. The molecule has 0 saturated heterocycles. The number of carbonyl (C=O) groups is 2. The lowest BCUT2D eigenvalue weighted by Gasteiger charge is -2.24. The molecule has 0 aliphatic carbocycles. The zero-order valence-corrected chi connectivity index (χ0v) is 19.4. The number of hydrogen-bond donors (Lipinski definition) is 1. The molecule has 0 fully saturated rings. The quantitative estimate of drug-likeness (QED) is 0.367. The minimum atomic E-state index is -0.670. The number of amides is 1. The Hall–Kier alpha value is -2.82. The number of hydrogen-bond acceptors (Lipinski definition) is 4. The standard InChI is InChI=1S/C26H35NO4/c1-6-7-8-11-18-30-25(29)20-14-16-21(17-15-20)27-24(28)19(2)31-23-13-10-9-12-22(23)26(3,4)5/h9-10,12-17,19H,6-8,11,18H2,1-5H3,(H,27,28). The smallest absolute Gasteiger partial charge is 0.338 e. The minimum absolute atomic E-state index is 0.0900. The fourth-order valence-electron chi connectivity index (χ4n) is 3.14. The maximum absolute atomic E-state index is 12.6. The summed E-state index contributed by atoms with van der Waals surface area (Å²) in [6.07, 6.45) is 3.57. The van der Waals surface area contributed by atoms with Crippen LogP contribution in [0.25, 0.3) is 0 Å². The van der Waals surface area contributed by atoms with Crippen molar-refractivity contribution in [1.82, 2.24) is 0 Å². The number of rotatable bonds is 10. The van der Waals surface area contributed by atoms with Crippen molar-refractivity contribution in [3.63, 3.8) is 0 Å². The zero-order chi connectivity index (χ0) is 22.9. The molecule has 5 nitrogen and oxygen atoms in total. The molecular weight excluding hydrogens is 390 g/mol. The van der Waals surface area contributed by atoms with Crippen LogP contribution in [0.5, 0.6) is 5.75 Å². The molecule has 0 heterocycles. The molecule has 2 aromatic carbocycles. The maximum Gasteiger partial charge on any atom is 0.338 e. The zero-order valence-electron chi connectivity index (χ0n) is 19.4. The third-order valence-corrected chi connectivity index (χ3v) is 4.99. The van der Waals surface area contributed by atoms with Gasteiger partial charge >= 0.3 is 5.97 Å². The van der Waals surface area contributed by atoms with Crippen LogP contribution in [0.4, 0.5) is 5.69 Å². The van der Waals surface area contributed by atoms with Crippen LogP contribution in [-0.2, 0) is 14.9 Å². The Balaban J connectivity index is 1.90. The summed E-state index contributed by atoms with van der Waals surface area (Å²) in [5.41, 5.74) is 2.03. The van der Waals surface area contributed by atoms with Gasteiger partial charge in [-0.1, -0.05) is 65.2 Å². The number of carbonyl (C=O) groups excluding carboxylic acids is 2. The molecule has 0 aliphatic rings. The van der Waals surface area contributed by atoms with Gasteiger partial charge in [0.2, 0.25) is 0 Å². The van der Waals surface area contributed by atoms with Gasteiger partial charge in [0.15, 0.2) is 6.10 Å². The van der Waals surface area contributed by atoms with Crippen LogP contribution < -0.4 is 10.1 Å². The van der Waals surface area contributed by atoms with Gasteiger partial charge in [0.05, 0.1) is 12.2 Å². The van der Waals surface area contributed by atoms with E-state index in [1.807, 2.05) is 24.3 Å². The van der Waals surface area contributed by atoms with Gasteiger partial charge in [-0.25, -0.2) is 4.79 Å². The van der Waals surface area contributed by atoms with Crippen LogP contribution in [0.15, 0.2) is 48.5 Å². The van der Waals surface area contributed by atoms with Crippen molar-refractivity contribution in [1.29, 1.82) is 0 Å². The average molecular weight is 426 g/mol. The van der Waals surface area contributed by atoms with E-state index in [9.17, 15) is 9.59 Å². The van der Waals surface area contributed by atoms with E-state index in [1.165, 1.54) is 0 Å². The van der Waals surface area contributed by atoms with Gasteiger partial charge in [-0.2, -0.15) is 0 Å². The highest BCUT2D eigenvalue weighted by atomic mass is 16.5. The summed E-state index contributed by atoms with van der Waals surface area (Å²) in [4.78, 5) is 24.7. The molecule has 0 spiro atoms. The van der Waals surface area contributed by atoms with Crippen molar-refractivity contribution >= 4 is 17.6 Å². The van der Waals surface area contributed by atoms with E-state index < -0.39 is 6.10 Å². The fourth-order valence-corrected chi connectivity index (χ4v) is 3.14. The van der Waals surface area contributed by atoms with Gasteiger partial charge < -0.3 is 14.8 Å². The van der Waals surface area contributed by atoms with Crippen molar-refractivity contribution in [2.75, 3.05) is 11.9 Å². The number of anilines is 1. The lowest BCUT2D eigenvalue weighted by Crippen LogP contribution is -2.31. The van der Waals surface area contributed by atoms with Crippen LogP contribution >= 0.6 is 0 Å². The summed E-state index contributed by atoms with van der Waals surface area (Å²) in [6, 6.07) is 14.5. The average Bonchev–Trinajstić information content (AvgIpc) is 2.73. The first-order valence-electron chi connectivity index (χ1n) is 11.1. The van der Waals surface area contributed by atoms with E-state index in [0.717, 1.165) is 31.2 Å². The van der Waals surface area contributed by atoms with E-state index in [2.05, 4.69) is 33.0 Å². The molecule has 168 valence electrons. The van der Waals surface area contributed by atoms with Crippen molar-refractivity contribution < 1.29 is 19.1 Å². The van der Waals surface area contributed by atoms with Crippen LogP contribution in [0, 0.1) is 0 Å². The first kappa shape index (κ1) is 24.4. The Kier molecular flexibility index (Phi) is 9.10. The molecule has 1 atom stereocenters. The summed E-state index contributed by atoms with van der Waals surface area (Å²) >= 11 is 0. The SMILES string of the molecule is CCCCCCOC(=O)c1ccc(NC(=O)C(C)Oc2ccccc2C(C)(C)C)cc1. The molecular formula is C26H35NO4. The topological polar surface area (TPSA) is 64.6 Å². The molecule has 31 heavy (non-hydrogen) atoms. The van der Waals surface area contributed by atoms with Crippen LogP contribution in [0.3, 0.4) is 0 Å². The highest BCUT2D eigenvalue weighted by Crippen LogP contribution is 2.31. The fraction of sp³-hybridized carbons (Fsp3) is 0.462. The normalized spacial score (nSPS) is 12.2. The van der Waals surface area contributed by atoms with Crippen LogP contribution in [-0.4, -0.2) is 24.6 Å². The third-order valence-electron chi connectivity index (χ3n) is 4.99. The lowest BCUT2D eigenvalue weighted by atomic mass is 9.86. The Labute approximate surface area is 186 Å². The van der Waals surface area contributed by atoms with Gasteiger partial charge in [-0.15, -0.1) is 0 Å². The largest absolute Gasteiger partial charge is 0.481 e. The van der Waals surface area contributed by atoms with Crippen molar-refractivity contribution in [2.24, 2.45) is 0 Å². The highest BCUT2D eigenvalue weighted by Gasteiger charge is 2.22. The van der Waals surface area contributed by atoms with Gasteiger partial charge in [0, 0.05) is 5.69 Å². The van der Waals surface area contributed by atoms with Crippen molar-refractivity contribution in [3.05, 3.63) is 59.7 Å². The van der Waals surface area contributed by atoms with Gasteiger partial charge in [-0.05, 0) is 54.7 Å².